The lowest BCUT2D eigenvalue weighted by Gasteiger charge is -2.33. The molecule has 1 amide bonds. The van der Waals surface area contributed by atoms with Crippen molar-refractivity contribution in [3.8, 4) is 11.5 Å². The molecule has 3 aromatic rings. The molecule has 140 valence electrons. The molecule has 8 heteroatoms. The Morgan fingerprint density at radius 1 is 1.26 bits per heavy atom. The van der Waals surface area contributed by atoms with E-state index in [1.807, 2.05) is 31.2 Å². The van der Waals surface area contributed by atoms with E-state index in [1.165, 1.54) is 11.3 Å². The van der Waals surface area contributed by atoms with E-state index in [-0.39, 0.29) is 11.9 Å². The van der Waals surface area contributed by atoms with Gasteiger partial charge in [-0.1, -0.05) is 5.16 Å². The number of carbonyl (C=O) groups is 1. The molecule has 0 aliphatic carbocycles. The quantitative estimate of drug-likeness (QED) is 0.745. The van der Waals surface area contributed by atoms with Crippen molar-refractivity contribution in [3.05, 3.63) is 46.0 Å². The number of hydrogen-bond acceptors (Lipinski definition) is 7. The number of aromatic nitrogens is 3. The van der Waals surface area contributed by atoms with Crippen LogP contribution in [0.5, 0.6) is 0 Å². The van der Waals surface area contributed by atoms with Crippen LogP contribution >= 0.6 is 11.3 Å². The van der Waals surface area contributed by atoms with E-state index in [2.05, 4.69) is 25.3 Å². The van der Waals surface area contributed by atoms with Gasteiger partial charge in [0.1, 0.15) is 5.82 Å². The van der Waals surface area contributed by atoms with Gasteiger partial charge in [0, 0.05) is 30.2 Å². The first-order valence-corrected chi connectivity index (χ1v) is 9.80. The largest absolute Gasteiger partial charge is 0.356 e. The molecule has 0 spiro atoms. The second kappa shape index (κ2) is 7.48. The molecule has 0 bridgehead atoms. The number of rotatable bonds is 4. The Labute approximate surface area is 161 Å². The number of carbonyl (C=O) groups excluding carboxylic acids is 1. The molecular weight excluding hydrogens is 362 g/mol. The summed E-state index contributed by atoms with van der Waals surface area (Å²) in [7, 11) is 0. The summed E-state index contributed by atoms with van der Waals surface area (Å²) in [6.07, 6.45) is 3.51. The van der Waals surface area contributed by atoms with Crippen molar-refractivity contribution < 1.29 is 9.32 Å². The van der Waals surface area contributed by atoms with Gasteiger partial charge in [-0.3, -0.25) is 4.79 Å². The van der Waals surface area contributed by atoms with Crippen LogP contribution in [0.1, 0.15) is 33.2 Å². The number of nitrogens with zero attached hydrogens (tertiary/aromatic N) is 4. The lowest BCUT2D eigenvalue weighted by molar-refractivity contribution is 0.0935. The van der Waals surface area contributed by atoms with Gasteiger partial charge >= 0.3 is 0 Å². The summed E-state index contributed by atoms with van der Waals surface area (Å²) < 4.78 is 5.32. The van der Waals surface area contributed by atoms with Crippen molar-refractivity contribution in [2.75, 3.05) is 18.0 Å². The number of aryl methyl sites for hydroxylation is 2. The van der Waals surface area contributed by atoms with Crippen molar-refractivity contribution in [2.45, 2.75) is 32.7 Å². The highest BCUT2D eigenvalue weighted by Crippen LogP contribution is 2.29. The Bertz CT molecular complexity index is 943. The van der Waals surface area contributed by atoms with E-state index in [0.717, 1.165) is 47.1 Å². The van der Waals surface area contributed by atoms with Crippen LogP contribution in [0.4, 0.5) is 5.82 Å². The summed E-state index contributed by atoms with van der Waals surface area (Å²) in [4.78, 5) is 25.4. The van der Waals surface area contributed by atoms with Gasteiger partial charge < -0.3 is 14.7 Å². The summed E-state index contributed by atoms with van der Waals surface area (Å²) in [6, 6.07) is 7.85. The zero-order chi connectivity index (χ0) is 18.8. The fourth-order valence-corrected chi connectivity index (χ4v) is 4.04. The fourth-order valence-electron chi connectivity index (χ4n) is 3.27. The minimum Gasteiger partial charge on any atom is -0.356 e. The predicted octanol–water partition coefficient (Wildman–Crippen LogP) is 3.21. The molecule has 0 unspecified atom stereocenters. The minimum absolute atomic E-state index is 0.0198. The molecule has 1 N–H and O–H groups in total. The molecule has 0 aromatic carbocycles. The highest BCUT2D eigenvalue weighted by Gasteiger charge is 2.25. The Balaban J connectivity index is 1.42. The van der Waals surface area contributed by atoms with Gasteiger partial charge in [-0.25, -0.2) is 4.98 Å². The summed E-state index contributed by atoms with van der Waals surface area (Å²) in [5, 5.41) is 7.03. The molecule has 1 aliphatic heterocycles. The van der Waals surface area contributed by atoms with Crippen LogP contribution in [-0.2, 0) is 0 Å². The smallest absolute Gasteiger partial charge is 0.261 e. The number of thiophene rings is 1. The zero-order valence-electron chi connectivity index (χ0n) is 15.3. The van der Waals surface area contributed by atoms with Crippen LogP contribution < -0.4 is 10.2 Å². The van der Waals surface area contributed by atoms with Crippen LogP contribution in [0.3, 0.4) is 0 Å². The van der Waals surface area contributed by atoms with Gasteiger partial charge in [0.15, 0.2) is 5.82 Å². The number of piperidine rings is 1. The lowest BCUT2D eigenvalue weighted by Crippen LogP contribution is -2.45. The van der Waals surface area contributed by atoms with Gasteiger partial charge in [0.05, 0.1) is 10.4 Å². The van der Waals surface area contributed by atoms with Crippen LogP contribution in [0.25, 0.3) is 11.5 Å². The topological polar surface area (TPSA) is 84.2 Å². The van der Waals surface area contributed by atoms with Gasteiger partial charge in [-0.15, -0.1) is 11.3 Å². The third-order valence-electron chi connectivity index (χ3n) is 4.64. The van der Waals surface area contributed by atoms with E-state index in [1.54, 1.807) is 13.1 Å². The fraction of sp³-hybridized carbons (Fsp3) is 0.368. The van der Waals surface area contributed by atoms with Gasteiger partial charge in [-0.2, -0.15) is 4.98 Å². The number of hydrogen-bond donors (Lipinski definition) is 1. The first-order valence-electron chi connectivity index (χ1n) is 8.98. The SMILES string of the molecule is Cc1noc(-c2cccnc2N2CCC(NC(=O)c3ccc(C)s3)CC2)n1. The lowest BCUT2D eigenvalue weighted by atomic mass is 10.0. The Hall–Kier alpha value is -2.74. The first-order chi connectivity index (χ1) is 13.1. The molecule has 1 aliphatic rings. The first kappa shape index (κ1) is 17.7. The summed E-state index contributed by atoms with van der Waals surface area (Å²) in [5.74, 6) is 1.95. The van der Waals surface area contributed by atoms with E-state index in [9.17, 15) is 4.79 Å². The molecule has 1 saturated heterocycles. The maximum Gasteiger partial charge on any atom is 0.261 e. The minimum atomic E-state index is 0.0198. The predicted molar refractivity (Wildman–Crippen MR) is 104 cm³/mol. The van der Waals surface area contributed by atoms with Gasteiger partial charge in [0.25, 0.3) is 11.8 Å². The molecule has 0 atom stereocenters. The average molecular weight is 383 g/mol. The van der Waals surface area contributed by atoms with Crippen molar-refractivity contribution in [1.82, 2.24) is 20.4 Å². The van der Waals surface area contributed by atoms with Crippen molar-refractivity contribution in [1.29, 1.82) is 0 Å². The van der Waals surface area contributed by atoms with E-state index in [0.29, 0.717) is 11.7 Å². The standard InChI is InChI=1S/C19H21N5O2S/c1-12-5-6-16(27-12)18(25)22-14-7-10-24(11-8-14)17-15(4-3-9-20-17)19-21-13(2)23-26-19/h3-6,9,14H,7-8,10-11H2,1-2H3,(H,22,25). The summed E-state index contributed by atoms with van der Waals surface area (Å²) in [6.45, 7) is 5.43. The van der Waals surface area contributed by atoms with Gasteiger partial charge in [-0.05, 0) is 51.0 Å². The van der Waals surface area contributed by atoms with Crippen molar-refractivity contribution in [2.24, 2.45) is 0 Å². The van der Waals surface area contributed by atoms with Crippen molar-refractivity contribution >= 4 is 23.1 Å². The maximum absolute atomic E-state index is 12.4. The Morgan fingerprint density at radius 3 is 2.74 bits per heavy atom. The van der Waals surface area contributed by atoms with Crippen LogP contribution in [0.15, 0.2) is 35.0 Å². The monoisotopic (exact) mass is 383 g/mol. The molecule has 7 nitrogen and oxygen atoms in total. The highest BCUT2D eigenvalue weighted by atomic mass is 32.1. The number of anilines is 1. The molecule has 3 aromatic heterocycles. The molecule has 0 saturated carbocycles. The molecule has 0 radical (unpaired) electrons. The average Bonchev–Trinajstić information content (AvgIpc) is 3.31. The van der Waals surface area contributed by atoms with Crippen molar-refractivity contribution in [3.63, 3.8) is 0 Å². The molecule has 1 fully saturated rings. The summed E-state index contributed by atoms with van der Waals surface area (Å²) in [5.41, 5.74) is 0.842. The second-order valence-corrected chi connectivity index (χ2v) is 7.95. The van der Waals surface area contributed by atoms with Gasteiger partial charge in [0.2, 0.25) is 0 Å². The third kappa shape index (κ3) is 3.85. The number of amides is 1. The number of pyridine rings is 1. The van der Waals surface area contributed by atoms with E-state index in [4.69, 9.17) is 4.52 Å². The van der Waals surface area contributed by atoms with Crippen LogP contribution in [0, 0.1) is 13.8 Å². The normalized spacial score (nSPS) is 15.1. The second-order valence-electron chi connectivity index (χ2n) is 6.67. The Kier molecular flexibility index (Phi) is 4.89. The molecule has 4 rings (SSSR count). The molecular formula is C19H21N5O2S. The summed E-state index contributed by atoms with van der Waals surface area (Å²) >= 11 is 1.53. The van der Waals surface area contributed by atoms with Crippen LogP contribution in [0.2, 0.25) is 0 Å². The molecule has 27 heavy (non-hydrogen) atoms. The van der Waals surface area contributed by atoms with E-state index >= 15 is 0 Å². The van der Waals surface area contributed by atoms with E-state index < -0.39 is 0 Å². The zero-order valence-corrected chi connectivity index (χ0v) is 16.1. The van der Waals surface area contributed by atoms with Crippen LogP contribution in [-0.4, -0.2) is 40.2 Å². The number of nitrogens with one attached hydrogen (secondary N) is 1. The highest BCUT2D eigenvalue weighted by molar-refractivity contribution is 7.13. The Morgan fingerprint density at radius 2 is 2.07 bits per heavy atom. The maximum atomic E-state index is 12.4. The molecule has 4 heterocycles. The third-order valence-corrected chi connectivity index (χ3v) is 5.64.